The number of hydrogen-bond acceptors (Lipinski definition) is 5. The highest BCUT2D eigenvalue weighted by atomic mass is 16.7. The van der Waals surface area contributed by atoms with Crippen molar-refractivity contribution in [2.75, 3.05) is 14.2 Å². The quantitative estimate of drug-likeness (QED) is 0.406. The van der Waals surface area contributed by atoms with Gasteiger partial charge in [-0.25, -0.2) is 9.86 Å². The maximum Gasteiger partial charge on any atom is 0.407 e. The SMILES string of the molecule is CON(C)C(=O)c1ccc2nc(CC(C)C)c(CNC(=O)OC(C)(C)C)c(-c3ccc(C)cc3)c2c1. The lowest BCUT2D eigenvalue weighted by Gasteiger charge is -2.22. The third-order valence-electron chi connectivity index (χ3n) is 5.73. The van der Waals surface area contributed by atoms with E-state index < -0.39 is 11.7 Å². The van der Waals surface area contributed by atoms with E-state index >= 15 is 0 Å². The van der Waals surface area contributed by atoms with Crippen LogP contribution >= 0.6 is 0 Å². The fraction of sp³-hybridized carbons (Fsp3) is 0.414. The van der Waals surface area contributed by atoms with Gasteiger partial charge in [-0.3, -0.25) is 14.6 Å². The van der Waals surface area contributed by atoms with Crippen LogP contribution in [0.2, 0.25) is 0 Å². The predicted molar refractivity (Wildman–Crippen MR) is 143 cm³/mol. The van der Waals surface area contributed by atoms with Crippen molar-refractivity contribution in [3.05, 3.63) is 64.8 Å². The minimum absolute atomic E-state index is 0.249. The molecule has 0 aliphatic carbocycles. The number of rotatable bonds is 7. The van der Waals surface area contributed by atoms with Gasteiger partial charge >= 0.3 is 6.09 Å². The molecule has 7 nitrogen and oxygen atoms in total. The normalized spacial score (nSPS) is 11.6. The van der Waals surface area contributed by atoms with Gasteiger partial charge in [0.25, 0.3) is 5.91 Å². The molecule has 0 aliphatic heterocycles. The topological polar surface area (TPSA) is 80.8 Å². The van der Waals surface area contributed by atoms with E-state index in [0.29, 0.717) is 11.5 Å². The summed E-state index contributed by atoms with van der Waals surface area (Å²) in [7, 11) is 3.03. The minimum atomic E-state index is -0.602. The molecule has 1 aromatic heterocycles. The van der Waals surface area contributed by atoms with Crippen molar-refractivity contribution in [1.82, 2.24) is 15.4 Å². The van der Waals surface area contributed by atoms with E-state index in [1.165, 1.54) is 12.2 Å². The number of pyridine rings is 1. The standard InChI is InChI=1S/C29H37N3O4/c1-18(2)15-25-23(17-30-28(34)36-29(4,5)6)26(20-11-9-19(3)10-12-20)22-16-21(13-14-24(22)31-25)27(33)32(7)35-8/h9-14,16,18H,15,17H2,1-8H3,(H,30,34). The number of nitrogens with zero attached hydrogens (tertiary/aromatic N) is 2. The Morgan fingerprint density at radius 2 is 1.75 bits per heavy atom. The maximum atomic E-state index is 12.9. The fourth-order valence-corrected chi connectivity index (χ4v) is 4.02. The summed E-state index contributed by atoms with van der Waals surface area (Å²) < 4.78 is 5.48. The van der Waals surface area contributed by atoms with Crippen LogP contribution < -0.4 is 5.32 Å². The summed E-state index contributed by atoms with van der Waals surface area (Å²) >= 11 is 0. The Balaban J connectivity index is 2.25. The summed E-state index contributed by atoms with van der Waals surface area (Å²) in [6, 6.07) is 13.7. The van der Waals surface area contributed by atoms with Gasteiger partial charge in [0.05, 0.1) is 12.6 Å². The predicted octanol–water partition coefficient (Wildman–Crippen LogP) is 6.07. The van der Waals surface area contributed by atoms with Crippen LogP contribution in [0.25, 0.3) is 22.0 Å². The summed E-state index contributed by atoms with van der Waals surface area (Å²) in [5, 5.41) is 4.95. The molecule has 1 heterocycles. The number of carbonyl (C=O) groups excluding carboxylic acids is 2. The zero-order valence-electron chi connectivity index (χ0n) is 22.6. The number of aromatic nitrogens is 1. The number of fused-ring (bicyclic) bond motifs is 1. The van der Waals surface area contributed by atoms with Crippen LogP contribution in [0.1, 0.15) is 61.8 Å². The van der Waals surface area contributed by atoms with Crippen molar-refractivity contribution in [1.29, 1.82) is 0 Å². The second kappa shape index (κ2) is 11.1. The average Bonchev–Trinajstić information content (AvgIpc) is 2.80. The smallest absolute Gasteiger partial charge is 0.407 e. The van der Waals surface area contributed by atoms with E-state index in [1.54, 1.807) is 13.1 Å². The van der Waals surface area contributed by atoms with Gasteiger partial charge in [-0.1, -0.05) is 43.7 Å². The molecular weight excluding hydrogens is 454 g/mol. The van der Waals surface area contributed by atoms with Crippen LogP contribution in [0.5, 0.6) is 0 Å². The molecule has 192 valence electrons. The van der Waals surface area contributed by atoms with Crippen LogP contribution in [0.3, 0.4) is 0 Å². The van der Waals surface area contributed by atoms with Gasteiger partial charge in [0.15, 0.2) is 0 Å². The highest BCUT2D eigenvalue weighted by molar-refractivity contribution is 6.02. The molecule has 0 saturated carbocycles. The van der Waals surface area contributed by atoms with E-state index in [4.69, 9.17) is 14.6 Å². The molecule has 36 heavy (non-hydrogen) atoms. The number of aryl methyl sites for hydroxylation is 1. The van der Waals surface area contributed by atoms with Crippen LogP contribution in [-0.4, -0.2) is 41.8 Å². The molecule has 0 saturated heterocycles. The van der Waals surface area contributed by atoms with Crippen LogP contribution in [0.4, 0.5) is 4.79 Å². The van der Waals surface area contributed by atoms with E-state index in [2.05, 4.69) is 43.4 Å². The van der Waals surface area contributed by atoms with Crippen molar-refractivity contribution in [3.8, 4) is 11.1 Å². The number of ether oxygens (including phenoxy) is 1. The van der Waals surface area contributed by atoms with Gasteiger partial charge in [-0.2, -0.15) is 0 Å². The first-order valence-corrected chi connectivity index (χ1v) is 12.2. The molecule has 0 atom stereocenters. The summed E-state index contributed by atoms with van der Waals surface area (Å²) in [6.45, 7) is 12.1. The first kappa shape index (κ1) is 27.1. The van der Waals surface area contributed by atoms with Crippen LogP contribution in [-0.2, 0) is 22.5 Å². The number of alkyl carbamates (subject to hydrolysis) is 1. The maximum absolute atomic E-state index is 12.9. The number of carbonyl (C=O) groups is 2. The van der Waals surface area contributed by atoms with E-state index in [1.807, 2.05) is 39.8 Å². The lowest BCUT2D eigenvalue weighted by molar-refractivity contribution is -0.0756. The number of benzene rings is 2. The van der Waals surface area contributed by atoms with Crippen molar-refractivity contribution >= 4 is 22.9 Å². The second-order valence-corrected chi connectivity index (χ2v) is 10.4. The molecule has 1 N–H and O–H groups in total. The molecule has 2 amide bonds. The Morgan fingerprint density at radius 3 is 2.33 bits per heavy atom. The van der Waals surface area contributed by atoms with Crippen molar-refractivity contribution in [2.45, 2.75) is 60.1 Å². The molecule has 0 radical (unpaired) electrons. The number of nitrogens with one attached hydrogen (secondary N) is 1. The first-order chi connectivity index (χ1) is 16.9. The van der Waals surface area contributed by atoms with Crippen molar-refractivity contribution < 1.29 is 19.2 Å². The van der Waals surface area contributed by atoms with Gasteiger partial charge in [-0.15, -0.1) is 0 Å². The first-order valence-electron chi connectivity index (χ1n) is 12.2. The largest absolute Gasteiger partial charge is 0.444 e. The molecule has 3 rings (SSSR count). The third kappa shape index (κ3) is 6.61. The Morgan fingerprint density at radius 1 is 1.08 bits per heavy atom. The van der Waals surface area contributed by atoms with Crippen LogP contribution in [0.15, 0.2) is 42.5 Å². The molecule has 3 aromatic rings. The van der Waals surface area contributed by atoms with E-state index in [0.717, 1.165) is 45.3 Å². The molecule has 2 aromatic carbocycles. The number of hydrogen-bond donors (Lipinski definition) is 1. The Bertz CT molecular complexity index is 1240. The van der Waals surface area contributed by atoms with Crippen molar-refractivity contribution in [3.63, 3.8) is 0 Å². The van der Waals surface area contributed by atoms with E-state index in [-0.39, 0.29) is 12.5 Å². The molecule has 0 unspecified atom stereocenters. The number of hydroxylamine groups is 2. The van der Waals surface area contributed by atoms with Gasteiger partial charge in [0, 0.05) is 35.8 Å². The lowest BCUT2D eigenvalue weighted by atomic mass is 9.90. The Kier molecular flexibility index (Phi) is 8.35. The van der Waals surface area contributed by atoms with Gasteiger partial charge < -0.3 is 10.1 Å². The second-order valence-electron chi connectivity index (χ2n) is 10.4. The lowest BCUT2D eigenvalue weighted by Crippen LogP contribution is -2.32. The molecule has 0 fully saturated rings. The highest BCUT2D eigenvalue weighted by Crippen LogP contribution is 2.35. The van der Waals surface area contributed by atoms with Gasteiger partial charge in [0.1, 0.15) is 5.60 Å². The zero-order valence-corrected chi connectivity index (χ0v) is 22.6. The Labute approximate surface area is 213 Å². The van der Waals surface area contributed by atoms with Gasteiger partial charge in [0.2, 0.25) is 0 Å². The fourth-order valence-electron chi connectivity index (χ4n) is 4.02. The summed E-state index contributed by atoms with van der Waals surface area (Å²) in [6.07, 6.45) is 0.256. The molecule has 0 spiro atoms. The van der Waals surface area contributed by atoms with Crippen molar-refractivity contribution in [2.24, 2.45) is 5.92 Å². The molecule has 0 aliphatic rings. The molecule has 7 heteroatoms. The molecular formula is C29H37N3O4. The Hall–Kier alpha value is -3.45. The monoisotopic (exact) mass is 491 g/mol. The summed E-state index contributed by atoms with van der Waals surface area (Å²) in [4.78, 5) is 35.5. The van der Waals surface area contributed by atoms with Crippen LogP contribution in [0, 0.1) is 12.8 Å². The highest BCUT2D eigenvalue weighted by Gasteiger charge is 2.22. The number of amides is 2. The zero-order chi connectivity index (χ0) is 26.6. The van der Waals surface area contributed by atoms with Gasteiger partial charge in [-0.05, 0) is 69.4 Å². The third-order valence-corrected chi connectivity index (χ3v) is 5.73. The average molecular weight is 492 g/mol. The molecule has 0 bridgehead atoms. The minimum Gasteiger partial charge on any atom is -0.444 e. The summed E-state index contributed by atoms with van der Waals surface area (Å²) in [5.74, 6) is 0.103. The van der Waals surface area contributed by atoms with E-state index in [9.17, 15) is 9.59 Å². The summed E-state index contributed by atoms with van der Waals surface area (Å²) in [5.41, 5.74) is 5.58.